The van der Waals surface area contributed by atoms with E-state index >= 15 is 0 Å². The minimum absolute atomic E-state index is 0.303. The molecule has 1 fully saturated rings. The number of hydrogen-bond donors (Lipinski definition) is 2. The number of hydrogen-bond acceptors (Lipinski definition) is 4. The normalized spacial score (nSPS) is 20.1. The summed E-state index contributed by atoms with van der Waals surface area (Å²) in [4.78, 5) is 2.47. The van der Waals surface area contributed by atoms with Crippen molar-refractivity contribution in [1.29, 1.82) is 0 Å². The highest BCUT2D eigenvalue weighted by Gasteiger charge is 2.19. The number of aliphatic hydroxyl groups is 1. The highest BCUT2D eigenvalue weighted by Crippen LogP contribution is 2.24. The molecule has 0 bridgehead atoms. The highest BCUT2D eigenvalue weighted by atomic mass is 16.5. The number of likely N-dealkylation sites (tertiary alicyclic amines) is 1. The number of methoxy groups -OCH3 is 1. The number of aliphatic hydroxyl groups excluding tert-OH is 1. The van der Waals surface area contributed by atoms with E-state index in [1.54, 1.807) is 7.11 Å². The van der Waals surface area contributed by atoms with Gasteiger partial charge in [-0.1, -0.05) is 12.1 Å². The lowest BCUT2D eigenvalue weighted by molar-refractivity contribution is 0.142. The van der Waals surface area contributed by atoms with Gasteiger partial charge in [0.05, 0.1) is 7.11 Å². The van der Waals surface area contributed by atoms with E-state index in [1.165, 1.54) is 18.4 Å². The maximum Gasteiger partial charge on any atom is 0.123 e. The SMILES string of the molecule is COc1cc(CN2CCCC(CCO)C2)ccc1CN. The molecule has 112 valence electrons. The van der Waals surface area contributed by atoms with Crippen LogP contribution in [-0.4, -0.2) is 36.8 Å². The first-order chi connectivity index (χ1) is 9.76. The lowest BCUT2D eigenvalue weighted by Crippen LogP contribution is -2.35. The number of piperidine rings is 1. The number of benzene rings is 1. The van der Waals surface area contributed by atoms with Gasteiger partial charge in [-0.15, -0.1) is 0 Å². The van der Waals surface area contributed by atoms with Gasteiger partial charge in [0.15, 0.2) is 0 Å². The van der Waals surface area contributed by atoms with Gasteiger partial charge in [-0.05, 0) is 43.4 Å². The molecule has 2 rings (SSSR count). The Morgan fingerprint density at radius 1 is 1.45 bits per heavy atom. The van der Waals surface area contributed by atoms with E-state index in [0.29, 0.717) is 19.1 Å². The van der Waals surface area contributed by atoms with Crippen LogP contribution in [0, 0.1) is 5.92 Å². The molecule has 1 unspecified atom stereocenters. The molecule has 0 radical (unpaired) electrons. The topological polar surface area (TPSA) is 58.7 Å². The van der Waals surface area contributed by atoms with Crippen molar-refractivity contribution < 1.29 is 9.84 Å². The molecule has 20 heavy (non-hydrogen) atoms. The van der Waals surface area contributed by atoms with Crippen molar-refractivity contribution in [3.8, 4) is 5.75 Å². The van der Waals surface area contributed by atoms with Crippen LogP contribution in [0.4, 0.5) is 0 Å². The molecule has 1 saturated heterocycles. The second-order valence-corrected chi connectivity index (χ2v) is 5.61. The smallest absolute Gasteiger partial charge is 0.123 e. The number of nitrogens with two attached hydrogens (primary N) is 1. The first-order valence-corrected chi connectivity index (χ1v) is 7.46. The van der Waals surface area contributed by atoms with Gasteiger partial charge in [0.1, 0.15) is 5.75 Å². The highest BCUT2D eigenvalue weighted by molar-refractivity contribution is 5.37. The van der Waals surface area contributed by atoms with Gasteiger partial charge < -0.3 is 15.6 Å². The largest absolute Gasteiger partial charge is 0.496 e. The summed E-state index contributed by atoms with van der Waals surface area (Å²) in [6, 6.07) is 6.29. The molecule has 1 aromatic carbocycles. The molecule has 3 N–H and O–H groups in total. The summed E-state index contributed by atoms with van der Waals surface area (Å²) in [7, 11) is 1.69. The maximum absolute atomic E-state index is 9.07. The molecular formula is C16H26N2O2. The monoisotopic (exact) mass is 278 g/mol. The van der Waals surface area contributed by atoms with Gasteiger partial charge in [-0.3, -0.25) is 4.90 Å². The Labute approximate surface area is 121 Å². The molecule has 0 aromatic heterocycles. The van der Waals surface area contributed by atoms with Gasteiger partial charge in [0.25, 0.3) is 0 Å². The molecule has 1 aliphatic rings. The zero-order valence-electron chi connectivity index (χ0n) is 12.3. The summed E-state index contributed by atoms with van der Waals surface area (Å²) < 4.78 is 5.39. The van der Waals surface area contributed by atoms with Crippen LogP contribution in [0.1, 0.15) is 30.4 Å². The third kappa shape index (κ3) is 3.95. The van der Waals surface area contributed by atoms with Crippen LogP contribution in [-0.2, 0) is 13.1 Å². The quantitative estimate of drug-likeness (QED) is 0.832. The van der Waals surface area contributed by atoms with Crippen molar-refractivity contribution in [3.63, 3.8) is 0 Å². The Hall–Kier alpha value is -1.10. The molecule has 0 aliphatic carbocycles. The summed E-state index contributed by atoms with van der Waals surface area (Å²) in [5.74, 6) is 1.52. The predicted octanol–water partition coefficient (Wildman–Crippen LogP) is 1.75. The van der Waals surface area contributed by atoms with Crippen molar-refractivity contribution in [1.82, 2.24) is 4.90 Å². The first-order valence-electron chi connectivity index (χ1n) is 7.46. The second kappa shape index (κ2) is 7.62. The summed E-state index contributed by atoms with van der Waals surface area (Å²) >= 11 is 0. The van der Waals surface area contributed by atoms with Gasteiger partial charge in [-0.2, -0.15) is 0 Å². The first kappa shape index (κ1) is 15.3. The van der Waals surface area contributed by atoms with Crippen LogP contribution in [0.25, 0.3) is 0 Å². The molecule has 0 amide bonds. The molecule has 4 heteroatoms. The lowest BCUT2D eigenvalue weighted by Gasteiger charge is -2.32. The summed E-state index contributed by atoms with van der Waals surface area (Å²) in [5, 5.41) is 9.07. The number of rotatable bonds is 6. The van der Waals surface area contributed by atoms with Crippen LogP contribution in [0.15, 0.2) is 18.2 Å². The Morgan fingerprint density at radius 2 is 2.30 bits per heavy atom. The molecule has 1 heterocycles. The van der Waals surface area contributed by atoms with E-state index in [4.69, 9.17) is 15.6 Å². The molecule has 1 aromatic rings. The number of nitrogens with zero attached hydrogens (tertiary/aromatic N) is 1. The Morgan fingerprint density at radius 3 is 3.00 bits per heavy atom. The van der Waals surface area contributed by atoms with E-state index in [9.17, 15) is 0 Å². The van der Waals surface area contributed by atoms with Crippen molar-refractivity contribution in [3.05, 3.63) is 29.3 Å². The minimum Gasteiger partial charge on any atom is -0.496 e. The van der Waals surface area contributed by atoms with E-state index in [1.807, 2.05) is 0 Å². The van der Waals surface area contributed by atoms with Crippen LogP contribution in [0.3, 0.4) is 0 Å². The van der Waals surface area contributed by atoms with Crippen LogP contribution >= 0.6 is 0 Å². The van der Waals surface area contributed by atoms with Crippen LogP contribution < -0.4 is 10.5 Å². The van der Waals surface area contributed by atoms with Gasteiger partial charge >= 0.3 is 0 Å². The standard InChI is InChI=1S/C16H26N2O2/c1-20-16-9-14(4-5-15(16)10-17)12-18-7-2-3-13(11-18)6-8-19/h4-5,9,13,19H,2-3,6-8,10-12,17H2,1H3. The summed E-state index contributed by atoms with van der Waals surface area (Å²) in [6.45, 7) is 3.98. The van der Waals surface area contributed by atoms with Crippen molar-refractivity contribution in [2.75, 3.05) is 26.8 Å². The average Bonchev–Trinajstić information content (AvgIpc) is 2.48. The van der Waals surface area contributed by atoms with E-state index in [0.717, 1.165) is 37.4 Å². The summed E-state index contributed by atoms with van der Waals surface area (Å²) in [5.41, 5.74) is 8.01. The Balaban J connectivity index is 1.98. The van der Waals surface area contributed by atoms with Crippen molar-refractivity contribution >= 4 is 0 Å². The molecular weight excluding hydrogens is 252 g/mol. The molecule has 1 aliphatic heterocycles. The average molecular weight is 278 g/mol. The fourth-order valence-corrected chi connectivity index (χ4v) is 3.03. The fraction of sp³-hybridized carbons (Fsp3) is 0.625. The van der Waals surface area contributed by atoms with Crippen LogP contribution in [0.5, 0.6) is 5.75 Å². The summed E-state index contributed by atoms with van der Waals surface area (Å²) in [6.07, 6.45) is 3.39. The number of ether oxygens (including phenoxy) is 1. The third-order valence-corrected chi connectivity index (χ3v) is 4.12. The van der Waals surface area contributed by atoms with Gasteiger partial charge in [-0.25, -0.2) is 0 Å². The molecule has 1 atom stereocenters. The maximum atomic E-state index is 9.07. The van der Waals surface area contributed by atoms with Gasteiger partial charge in [0, 0.05) is 31.8 Å². The predicted molar refractivity (Wildman–Crippen MR) is 80.6 cm³/mol. The zero-order chi connectivity index (χ0) is 14.4. The molecule has 0 saturated carbocycles. The molecule has 0 spiro atoms. The Bertz CT molecular complexity index is 421. The van der Waals surface area contributed by atoms with Crippen molar-refractivity contribution in [2.45, 2.75) is 32.4 Å². The van der Waals surface area contributed by atoms with Crippen molar-refractivity contribution in [2.24, 2.45) is 11.7 Å². The zero-order valence-corrected chi connectivity index (χ0v) is 12.3. The molecule has 4 nitrogen and oxygen atoms in total. The Kier molecular flexibility index (Phi) is 5.83. The van der Waals surface area contributed by atoms with E-state index < -0.39 is 0 Å². The van der Waals surface area contributed by atoms with Gasteiger partial charge in [0.2, 0.25) is 0 Å². The van der Waals surface area contributed by atoms with E-state index in [-0.39, 0.29) is 0 Å². The minimum atomic E-state index is 0.303. The van der Waals surface area contributed by atoms with E-state index in [2.05, 4.69) is 23.1 Å². The lowest BCUT2D eigenvalue weighted by atomic mass is 9.95. The fourth-order valence-electron chi connectivity index (χ4n) is 3.03. The van der Waals surface area contributed by atoms with Crippen LogP contribution in [0.2, 0.25) is 0 Å². The third-order valence-electron chi connectivity index (χ3n) is 4.12. The second-order valence-electron chi connectivity index (χ2n) is 5.61.